The Morgan fingerprint density at radius 1 is 1.10 bits per heavy atom. The fourth-order valence-electron chi connectivity index (χ4n) is 3.09. The number of allylic oxidation sites excluding steroid dienone is 2. The van der Waals surface area contributed by atoms with Crippen LogP contribution < -0.4 is 5.32 Å². The molecule has 1 heterocycles. The summed E-state index contributed by atoms with van der Waals surface area (Å²) in [5, 5.41) is 13.0. The highest BCUT2D eigenvalue weighted by molar-refractivity contribution is 6.42. The lowest BCUT2D eigenvalue weighted by Crippen LogP contribution is -2.32. The van der Waals surface area contributed by atoms with E-state index in [0.29, 0.717) is 23.4 Å². The van der Waals surface area contributed by atoms with Crippen molar-refractivity contribution in [3.05, 3.63) is 56.3 Å². The molecule has 0 saturated heterocycles. The van der Waals surface area contributed by atoms with E-state index < -0.39 is 23.8 Å². The van der Waals surface area contributed by atoms with Crippen molar-refractivity contribution in [1.82, 2.24) is 5.32 Å². The summed E-state index contributed by atoms with van der Waals surface area (Å²) in [6.45, 7) is 5.07. The molecule has 0 radical (unpaired) electrons. The molecule has 1 atom stereocenters. The van der Waals surface area contributed by atoms with Gasteiger partial charge in [0.25, 0.3) is 0 Å². The highest BCUT2D eigenvalue weighted by Gasteiger charge is 2.39. The molecule has 156 valence electrons. The minimum atomic E-state index is -1.24. The van der Waals surface area contributed by atoms with Gasteiger partial charge in [0.15, 0.2) is 0 Å². The molecule has 1 aromatic carbocycles. The summed E-state index contributed by atoms with van der Waals surface area (Å²) >= 11 is 12.4. The van der Waals surface area contributed by atoms with Crippen molar-refractivity contribution >= 4 is 41.1 Å². The molecule has 0 spiro atoms. The standard InChI is InChI=1S/C20H21Cl2NO6/c1-4-5-9-14(24)28-29-20(27)16-11(3)23-10(2)15(19(25)26)17(16)12-7-6-8-13(21)18(12)22/h6-8,17,23H,4-5,9H2,1-3H3,(H,25,26). The zero-order valence-electron chi connectivity index (χ0n) is 16.2. The summed E-state index contributed by atoms with van der Waals surface area (Å²) in [4.78, 5) is 45.7. The van der Waals surface area contributed by atoms with E-state index in [9.17, 15) is 19.5 Å². The molecule has 0 aromatic heterocycles. The molecule has 1 aliphatic rings. The molecule has 1 aromatic rings. The van der Waals surface area contributed by atoms with Crippen molar-refractivity contribution < 1.29 is 29.3 Å². The Balaban J connectivity index is 2.46. The van der Waals surface area contributed by atoms with Gasteiger partial charge < -0.3 is 10.4 Å². The summed E-state index contributed by atoms with van der Waals surface area (Å²) in [6.07, 6.45) is 1.47. The Hall–Kier alpha value is -2.51. The summed E-state index contributed by atoms with van der Waals surface area (Å²) in [7, 11) is 0. The normalized spacial score (nSPS) is 16.4. The van der Waals surface area contributed by atoms with Crippen molar-refractivity contribution in [2.75, 3.05) is 0 Å². The van der Waals surface area contributed by atoms with Crippen molar-refractivity contribution in [2.45, 2.75) is 46.0 Å². The second-order valence-electron chi connectivity index (χ2n) is 6.51. The van der Waals surface area contributed by atoms with Crippen LogP contribution in [0.5, 0.6) is 0 Å². The van der Waals surface area contributed by atoms with E-state index in [1.165, 1.54) is 0 Å². The largest absolute Gasteiger partial charge is 0.478 e. The Morgan fingerprint density at radius 2 is 1.76 bits per heavy atom. The number of carboxylic acids is 1. The average Bonchev–Trinajstić information content (AvgIpc) is 2.65. The molecule has 7 nitrogen and oxygen atoms in total. The van der Waals surface area contributed by atoms with Crippen LogP contribution in [0.25, 0.3) is 0 Å². The lowest BCUT2D eigenvalue weighted by Gasteiger charge is -2.29. The summed E-state index contributed by atoms with van der Waals surface area (Å²) in [5.41, 5.74) is 0.876. The van der Waals surface area contributed by atoms with Gasteiger partial charge >= 0.3 is 17.9 Å². The fourth-order valence-corrected chi connectivity index (χ4v) is 3.51. The number of aliphatic carboxylic acids is 1. The number of rotatable bonds is 6. The molecule has 0 aliphatic carbocycles. The van der Waals surface area contributed by atoms with Crippen LogP contribution in [0.1, 0.15) is 51.5 Å². The van der Waals surface area contributed by atoms with E-state index in [4.69, 9.17) is 28.1 Å². The zero-order chi connectivity index (χ0) is 21.7. The highest BCUT2D eigenvalue weighted by Crippen LogP contribution is 2.43. The maximum absolute atomic E-state index is 12.8. The Labute approximate surface area is 178 Å². The topological polar surface area (TPSA) is 102 Å². The van der Waals surface area contributed by atoms with Crippen LogP contribution >= 0.6 is 23.2 Å². The SMILES string of the molecule is CCCCC(=O)OOC(=O)C1=C(C)NC(C)=C(C(=O)O)C1c1cccc(Cl)c1Cl. The fraction of sp³-hybridized carbons (Fsp3) is 0.350. The third-order valence-corrected chi connectivity index (χ3v) is 5.28. The van der Waals surface area contributed by atoms with E-state index in [2.05, 4.69) is 10.2 Å². The van der Waals surface area contributed by atoms with Gasteiger partial charge in [-0.25, -0.2) is 24.2 Å². The van der Waals surface area contributed by atoms with Crippen molar-refractivity contribution in [1.29, 1.82) is 0 Å². The number of halogens is 2. The molecule has 2 rings (SSSR count). The van der Waals surface area contributed by atoms with E-state index in [-0.39, 0.29) is 27.6 Å². The van der Waals surface area contributed by atoms with Crippen LogP contribution in [-0.4, -0.2) is 23.0 Å². The number of unbranched alkanes of at least 4 members (excludes halogenated alkanes) is 1. The summed E-state index contributed by atoms with van der Waals surface area (Å²) in [6, 6.07) is 4.73. The Kier molecular flexibility index (Phi) is 7.70. The molecule has 0 saturated carbocycles. The molecule has 9 heteroatoms. The number of hydrogen-bond donors (Lipinski definition) is 2. The maximum Gasteiger partial charge on any atom is 0.385 e. The quantitative estimate of drug-likeness (QED) is 0.494. The number of carbonyl (C=O) groups excluding carboxylic acids is 2. The van der Waals surface area contributed by atoms with Gasteiger partial charge in [-0.15, -0.1) is 0 Å². The van der Waals surface area contributed by atoms with Gasteiger partial charge in [-0.1, -0.05) is 48.7 Å². The predicted octanol–water partition coefficient (Wildman–Crippen LogP) is 4.50. The first-order valence-corrected chi connectivity index (χ1v) is 9.72. The Bertz CT molecular complexity index is 906. The first-order valence-electron chi connectivity index (χ1n) is 8.96. The van der Waals surface area contributed by atoms with E-state index in [1.54, 1.807) is 32.0 Å². The molecule has 1 aliphatic heterocycles. The van der Waals surface area contributed by atoms with Gasteiger partial charge in [0.2, 0.25) is 0 Å². The van der Waals surface area contributed by atoms with Crippen LogP contribution in [0.15, 0.2) is 40.7 Å². The summed E-state index contributed by atoms with van der Waals surface area (Å²) < 4.78 is 0. The number of dihydropyridines is 1. The van der Waals surface area contributed by atoms with Gasteiger partial charge in [0, 0.05) is 11.4 Å². The van der Waals surface area contributed by atoms with Gasteiger partial charge in [0.05, 0.1) is 33.5 Å². The predicted molar refractivity (Wildman–Crippen MR) is 107 cm³/mol. The smallest absolute Gasteiger partial charge is 0.385 e. The van der Waals surface area contributed by atoms with Gasteiger partial charge in [-0.05, 0) is 31.9 Å². The van der Waals surface area contributed by atoms with Crippen LogP contribution in [-0.2, 0) is 24.2 Å². The monoisotopic (exact) mass is 441 g/mol. The third-order valence-electron chi connectivity index (χ3n) is 4.45. The molecule has 1 unspecified atom stereocenters. The highest BCUT2D eigenvalue weighted by atomic mass is 35.5. The van der Waals surface area contributed by atoms with E-state index >= 15 is 0 Å². The first-order chi connectivity index (χ1) is 13.7. The molecular formula is C20H21Cl2NO6. The van der Waals surface area contributed by atoms with Crippen molar-refractivity contribution in [2.24, 2.45) is 0 Å². The van der Waals surface area contributed by atoms with Crippen molar-refractivity contribution in [3.8, 4) is 0 Å². The number of hydrogen-bond acceptors (Lipinski definition) is 6. The van der Waals surface area contributed by atoms with Crippen molar-refractivity contribution in [3.63, 3.8) is 0 Å². The van der Waals surface area contributed by atoms with Gasteiger partial charge in [-0.2, -0.15) is 0 Å². The molecule has 29 heavy (non-hydrogen) atoms. The first kappa shape index (κ1) is 22.8. The zero-order valence-corrected chi connectivity index (χ0v) is 17.7. The number of carboxylic acid groups (broad SMARTS) is 1. The molecule has 0 amide bonds. The number of nitrogens with one attached hydrogen (secondary N) is 1. The maximum atomic E-state index is 12.8. The lowest BCUT2D eigenvalue weighted by molar-refractivity contribution is -0.256. The van der Waals surface area contributed by atoms with Crippen LogP contribution in [0, 0.1) is 0 Å². The van der Waals surface area contributed by atoms with E-state index in [1.807, 2.05) is 6.92 Å². The second kappa shape index (κ2) is 9.80. The minimum absolute atomic E-state index is 0.0412. The Morgan fingerprint density at radius 3 is 2.38 bits per heavy atom. The lowest BCUT2D eigenvalue weighted by atomic mass is 9.80. The average molecular weight is 442 g/mol. The van der Waals surface area contributed by atoms with Crippen LogP contribution in [0.2, 0.25) is 10.0 Å². The van der Waals surface area contributed by atoms with Crippen LogP contribution in [0.4, 0.5) is 0 Å². The number of carbonyl (C=O) groups is 3. The van der Waals surface area contributed by atoms with Crippen LogP contribution in [0.3, 0.4) is 0 Å². The molecular weight excluding hydrogens is 421 g/mol. The van der Waals surface area contributed by atoms with Gasteiger partial charge in [0.1, 0.15) is 0 Å². The molecule has 0 bridgehead atoms. The summed E-state index contributed by atoms with van der Waals surface area (Å²) in [5.74, 6) is -3.99. The minimum Gasteiger partial charge on any atom is -0.478 e. The molecule has 2 N–H and O–H groups in total. The second-order valence-corrected chi connectivity index (χ2v) is 7.30. The van der Waals surface area contributed by atoms with Gasteiger partial charge in [-0.3, -0.25) is 0 Å². The number of benzene rings is 1. The molecule has 0 fully saturated rings. The van der Waals surface area contributed by atoms with E-state index in [0.717, 1.165) is 6.42 Å². The third kappa shape index (κ3) is 5.10.